The second kappa shape index (κ2) is 2.56. The second-order valence-corrected chi connectivity index (χ2v) is 2.85. The van der Waals surface area contributed by atoms with E-state index in [-0.39, 0.29) is 11.5 Å². The van der Waals surface area contributed by atoms with Crippen molar-refractivity contribution in [2.24, 2.45) is 0 Å². The van der Waals surface area contributed by atoms with E-state index in [1.807, 2.05) is 0 Å². The molecule has 2 aromatic rings. The van der Waals surface area contributed by atoms with Crippen molar-refractivity contribution in [1.82, 2.24) is 14.6 Å². The molecule has 0 unspecified atom stereocenters. The zero-order valence-electron chi connectivity index (χ0n) is 5.91. The molecule has 0 aliphatic carbocycles. The van der Waals surface area contributed by atoms with Crippen LogP contribution in [0.2, 0.25) is 0 Å². The summed E-state index contributed by atoms with van der Waals surface area (Å²) in [6, 6.07) is 1.70. The van der Waals surface area contributed by atoms with Crippen molar-refractivity contribution in [1.29, 1.82) is 0 Å². The first-order valence-electron chi connectivity index (χ1n) is 3.19. The Hall–Kier alpha value is -1.43. The minimum Gasteiger partial charge on any atom is -0.380 e. The Bertz CT molecular complexity index is 380. The van der Waals surface area contributed by atoms with Crippen LogP contribution in [0.5, 0.6) is 0 Å². The van der Waals surface area contributed by atoms with Crippen LogP contribution in [0.4, 0.5) is 10.2 Å². The Balaban J connectivity index is 2.55. The molecule has 2 aromatic heterocycles. The molecule has 0 aliphatic rings. The minimum absolute atomic E-state index is 0.127. The van der Waals surface area contributed by atoms with E-state index in [0.29, 0.717) is 5.69 Å². The molecule has 0 saturated heterocycles. The number of nitrogens with one attached hydrogen (secondary N) is 1. The van der Waals surface area contributed by atoms with Crippen molar-refractivity contribution in [3.8, 4) is 11.4 Å². The van der Waals surface area contributed by atoms with Gasteiger partial charge in [0.1, 0.15) is 11.4 Å². The first-order chi connectivity index (χ1) is 5.79. The predicted molar refractivity (Wildman–Crippen MR) is 44.1 cm³/mol. The number of hydrogen-bond donors (Lipinski definition) is 2. The van der Waals surface area contributed by atoms with Crippen LogP contribution in [0.25, 0.3) is 11.4 Å². The van der Waals surface area contributed by atoms with Crippen LogP contribution in [0.1, 0.15) is 0 Å². The number of rotatable bonds is 1. The Labute approximate surface area is 71.4 Å². The number of hydrogen-bond acceptors (Lipinski definition) is 4. The van der Waals surface area contributed by atoms with Crippen molar-refractivity contribution in [2.75, 3.05) is 5.73 Å². The largest absolute Gasteiger partial charge is 0.380 e. The van der Waals surface area contributed by atoms with Crippen LogP contribution in [-0.4, -0.2) is 14.6 Å². The van der Waals surface area contributed by atoms with Gasteiger partial charge in [0.2, 0.25) is 0 Å². The molecule has 2 heterocycles. The van der Waals surface area contributed by atoms with Crippen LogP contribution in [0.15, 0.2) is 11.4 Å². The molecule has 0 atom stereocenters. The SMILES string of the molecule is Nc1n[nH]c(-c2ccsn2)c1F. The van der Waals surface area contributed by atoms with Gasteiger partial charge in [0, 0.05) is 5.38 Å². The summed E-state index contributed by atoms with van der Waals surface area (Å²) >= 11 is 1.25. The Morgan fingerprint density at radius 2 is 2.42 bits per heavy atom. The van der Waals surface area contributed by atoms with Gasteiger partial charge in [-0.25, -0.2) is 4.39 Å². The molecule has 2 rings (SSSR count). The van der Waals surface area contributed by atoms with Crippen LogP contribution in [0.3, 0.4) is 0 Å². The molecule has 0 amide bonds. The highest BCUT2D eigenvalue weighted by Gasteiger charge is 2.12. The summed E-state index contributed by atoms with van der Waals surface area (Å²) in [5, 5.41) is 7.74. The monoisotopic (exact) mass is 184 g/mol. The molecule has 6 heteroatoms. The molecule has 0 saturated carbocycles. The lowest BCUT2D eigenvalue weighted by molar-refractivity contribution is 0.636. The van der Waals surface area contributed by atoms with Gasteiger partial charge >= 0.3 is 0 Å². The van der Waals surface area contributed by atoms with Crippen LogP contribution >= 0.6 is 11.5 Å². The molecule has 4 nitrogen and oxygen atoms in total. The first-order valence-corrected chi connectivity index (χ1v) is 4.03. The topological polar surface area (TPSA) is 67.6 Å². The molecule has 62 valence electrons. The van der Waals surface area contributed by atoms with Gasteiger partial charge < -0.3 is 5.73 Å². The van der Waals surface area contributed by atoms with Crippen molar-refractivity contribution < 1.29 is 4.39 Å². The maximum absolute atomic E-state index is 13.1. The predicted octanol–water partition coefficient (Wildman–Crippen LogP) is 1.25. The average molecular weight is 184 g/mol. The summed E-state index contributed by atoms with van der Waals surface area (Å²) in [5.74, 6) is -0.668. The fourth-order valence-electron chi connectivity index (χ4n) is 0.854. The lowest BCUT2D eigenvalue weighted by atomic mass is 10.3. The van der Waals surface area contributed by atoms with E-state index in [1.165, 1.54) is 11.5 Å². The summed E-state index contributed by atoms with van der Waals surface area (Å²) in [4.78, 5) is 0. The highest BCUT2D eigenvalue weighted by atomic mass is 32.1. The van der Waals surface area contributed by atoms with Crippen LogP contribution < -0.4 is 5.73 Å². The molecule has 12 heavy (non-hydrogen) atoms. The number of halogens is 1. The van der Waals surface area contributed by atoms with E-state index in [2.05, 4.69) is 14.6 Å². The second-order valence-electron chi connectivity index (χ2n) is 2.18. The summed E-state index contributed by atoms with van der Waals surface area (Å²) in [6.07, 6.45) is 0. The molecular formula is C6H5FN4S. The van der Waals surface area contributed by atoms with E-state index >= 15 is 0 Å². The van der Waals surface area contributed by atoms with Gasteiger partial charge in [-0.05, 0) is 17.6 Å². The van der Waals surface area contributed by atoms with Gasteiger partial charge in [-0.1, -0.05) is 0 Å². The van der Waals surface area contributed by atoms with Crippen molar-refractivity contribution in [2.45, 2.75) is 0 Å². The molecule has 3 N–H and O–H groups in total. The Kier molecular flexibility index (Phi) is 1.54. The van der Waals surface area contributed by atoms with Gasteiger partial charge in [0.05, 0.1) is 0 Å². The summed E-state index contributed by atoms with van der Waals surface area (Å²) in [5.41, 5.74) is 5.98. The highest BCUT2D eigenvalue weighted by Crippen LogP contribution is 2.22. The fraction of sp³-hybridized carbons (Fsp3) is 0. The number of nitrogens with zero attached hydrogens (tertiary/aromatic N) is 2. The van der Waals surface area contributed by atoms with Gasteiger partial charge in [-0.3, -0.25) is 5.10 Å². The van der Waals surface area contributed by atoms with E-state index in [1.54, 1.807) is 11.4 Å². The maximum Gasteiger partial charge on any atom is 0.194 e. The summed E-state index contributed by atoms with van der Waals surface area (Å²) < 4.78 is 17.0. The lowest BCUT2D eigenvalue weighted by Gasteiger charge is -1.87. The number of nitrogen functional groups attached to an aromatic ring is 1. The van der Waals surface area contributed by atoms with E-state index < -0.39 is 5.82 Å². The van der Waals surface area contributed by atoms with Crippen molar-refractivity contribution in [3.05, 3.63) is 17.3 Å². The number of H-pyrrole nitrogens is 1. The van der Waals surface area contributed by atoms with Crippen LogP contribution in [0, 0.1) is 5.82 Å². The molecule has 0 spiro atoms. The quantitative estimate of drug-likeness (QED) is 0.701. The van der Waals surface area contributed by atoms with Gasteiger partial charge in [0.25, 0.3) is 0 Å². The zero-order chi connectivity index (χ0) is 8.55. The molecule has 0 fully saturated rings. The standard InChI is InChI=1S/C6H5FN4S/c7-4-5(9-10-6(4)8)3-1-2-12-11-3/h1-2H,(H3,8,9,10). The van der Waals surface area contributed by atoms with Crippen molar-refractivity contribution in [3.63, 3.8) is 0 Å². The molecule has 0 bridgehead atoms. The fourth-order valence-corrected chi connectivity index (χ4v) is 1.37. The summed E-state index contributed by atoms with van der Waals surface area (Å²) in [7, 11) is 0. The third-order valence-electron chi connectivity index (χ3n) is 1.43. The number of aromatic amines is 1. The number of aromatic nitrogens is 3. The van der Waals surface area contributed by atoms with Gasteiger partial charge in [-0.2, -0.15) is 9.47 Å². The molecule has 0 aromatic carbocycles. The van der Waals surface area contributed by atoms with E-state index in [0.717, 1.165) is 0 Å². The Morgan fingerprint density at radius 1 is 1.58 bits per heavy atom. The third kappa shape index (κ3) is 0.964. The van der Waals surface area contributed by atoms with E-state index in [4.69, 9.17) is 5.73 Å². The Morgan fingerprint density at radius 3 is 2.92 bits per heavy atom. The smallest absolute Gasteiger partial charge is 0.194 e. The maximum atomic E-state index is 13.1. The van der Waals surface area contributed by atoms with Gasteiger partial charge in [0.15, 0.2) is 11.6 Å². The number of anilines is 1. The zero-order valence-corrected chi connectivity index (χ0v) is 6.73. The highest BCUT2D eigenvalue weighted by molar-refractivity contribution is 7.03. The molecule has 0 aliphatic heterocycles. The summed E-state index contributed by atoms with van der Waals surface area (Å²) in [6.45, 7) is 0. The average Bonchev–Trinajstić information content (AvgIpc) is 2.64. The first kappa shape index (κ1) is 7.23. The minimum atomic E-state index is -0.541. The molecule has 0 radical (unpaired) electrons. The normalized spacial score (nSPS) is 10.4. The molecular weight excluding hydrogens is 179 g/mol. The van der Waals surface area contributed by atoms with E-state index in [9.17, 15) is 4.39 Å². The lowest BCUT2D eigenvalue weighted by Crippen LogP contribution is -1.87. The van der Waals surface area contributed by atoms with Gasteiger partial charge in [-0.15, -0.1) is 0 Å². The number of nitrogens with two attached hydrogens (primary N) is 1. The third-order valence-corrected chi connectivity index (χ3v) is 1.99. The van der Waals surface area contributed by atoms with Crippen LogP contribution in [-0.2, 0) is 0 Å². The van der Waals surface area contributed by atoms with Crippen molar-refractivity contribution >= 4 is 17.4 Å².